The van der Waals surface area contributed by atoms with Gasteiger partial charge in [-0.1, -0.05) is 59.7 Å². The summed E-state index contributed by atoms with van der Waals surface area (Å²) in [5, 5.41) is 0. The number of H-pyrrole nitrogens is 1. The van der Waals surface area contributed by atoms with Crippen molar-refractivity contribution in [3.8, 4) is 11.3 Å². The van der Waals surface area contributed by atoms with E-state index in [2.05, 4.69) is 64.7 Å². The van der Waals surface area contributed by atoms with Crippen molar-refractivity contribution in [2.75, 3.05) is 0 Å². The Balaban J connectivity index is 2.20. The lowest BCUT2D eigenvalue weighted by Gasteiger charge is -2.32. The number of nitrogens with zero attached hydrogens (tertiary/aromatic N) is 1. The molecule has 2 heteroatoms. The summed E-state index contributed by atoms with van der Waals surface area (Å²) >= 11 is 0. The summed E-state index contributed by atoms with van der Waals surface area (Å²) in [7, 11) is 0. The van der Waals surface area contributed by atoms with Crippen LogP contribution in [0.1, 0.15) is 76.0 Å². The van der Waals surface area contributed by atoms with Gasteiger partial charge < -0.3 is 4.98 Å². The molecule has 21 heavy (non-hydrogen) atoms. The van der Waals surface area contributed by atoms with E-state index >= 15 is 0 Å². The molecular formula is C19H26N2. The summed E-state index contributed by atoms with van der Waals surface area (Å²) in [4.78, 5) is 8.43. The second-order valence-corrected chi connectivity index (χ2v) is 7.62. The van der Waals surface area contributed by atoms with Crippen LogP contribution >= 0.6 is 0 Å². The fraction of sp³-hybridized carbons (Fsp3) is 0.526. The van der Waals surface area contributed by atoms with Crippen molar-refractivity contribution in [2.45, 2.75) is 65.2 Å². The quantitative estimate of drug-likeness (QED) is 0.810. The molecular weight excluding hydrogens is 256 g/mol. The SMILES string of the molecule is CC(C)c1ccc2c(c1)C(C)(C)Cc1[nH]c(C(C)C)nc1-2. The number of rotatable bonds is 2. The van der Waals surface area contributed by atoms with Crippen LogP contribution in [0, 0.1) is 0 Å². The molecule has 0 aliphatic heterocycles. The third-order valence-electron chi connectivity index (χ3n) is 4.66. The van der Waals surface area contributed by atoms with Gasteiger partial charge in [-0.3, -0.25) is 0 Å². The van der Waals surface area contributed by atoms with Crippen LogP contribution in [0.25, 0.3) is 11.3 Å². The molecule has 1 N–H and O–H groups in total. The molecule has 0 saturated carbocycles. The maximum atomic E-state index is 4.88. The van der Waals surface area contributed by atoms with Gasteiger partial charge in [-0.25, -0.2) is 4.98 Å². The molecule has 112 valence electrons. The van der Waals surface area contributed by atoms with E-state index in [0.29, 0.717) is 11.8 Å². The molecule has 0 bridgehead atoms. The van der Waals surface area contributed by atoms with Crippen molar-refractivity contribution >= 4 is 0 Å². The Kier molecular flexibility index (Phi) is 3.23. The minimum Gasteiger partial charge on any atom is -0.345 e. The lowest BCUT2D eigenvalue weighted by atomic mass is 9.72. The third kappa shape index (κ3) is 2.31. The fourth-order valence-corrected chi connectivity index (χ4v) is 3.28. The van der Waals surface area contributed by atoms with Gasteiger partial charge in [0.1, 0.15) is 5.82 Å². The Morgan fingerprint density at radius 3 is 2.43 bits per heavy atom. The summed E-state index contributed by atoms with van der Waals surface area (Å²) in [6.07, 6.45) is 1.04. The zero-order valence-electron chi connectivity index (χ0n) is 14.0. The molecule has 3 rings (SSSR count). The van der Waals surface area contributed by atoms with E-state index < -0.39 is 0 Å². The van der Waals surface area contributed by atoms with Crippen molar-refractivity contribution in [2.24, 2.45) is 0 Å². The highest BCUT2D eigenvalue weighted by Crippen LogP contribution is 2.43. The molecule has 0 atom stereocenters. The number of aromatic nitrogens is 2. The molecule has 1 aromatic carbocycles. The number of imidazole rings is 1. The fourth-order valence-electron chi connectivity index (χ4n) is 3.28. The van der Waals surface area contributed by atoms with E-state index in [0.717, 1.165) is 12.2 Å². The van der Waals surface area contributed by atoms with Gasteiger partial charge in [-0.15, -0.1) is 0 Å². The molecule has 0 spiro atoms. The smallest absolute Gasteiger partial charge is 0.109 e. The average molecular weight is 282 g/mol. The molecule has 2 aromatic rings. The Hall–Kier alpha value is -1.57. The van der Waals surface area contributed by atoms with E-state index in [1.165, 1.54) is 28.1 Å². The van der Waals surface area contributed by atoms with Gasteiger partial charge >= 0.3 is 0 Å². The van der Waals surface area contributed by atoms with E-state index in [-0.39, 0.29) is 5.41 Å². The predicted molar refractivity (Wildman–Crippen MR) is 88.9 cm³/mol. The van der Waals surface area contributed by atoms with E-state index in [1.807, 2.05) is 0 Å². The van der Waals surface area contributed by atoms with Crippen LogP contribution in [0.3, 0.4) is 0 Å². The predicted octanol–water partition coefficient (Wildman–Crippen LogP) is 5.16. The summed E-state index contributed by atoms with van der Waals surface area (Å²) in [6.45, 7) is 13.6. The van der Waals surface area contributed by atoms with E-state index in [1.54, 1.807) is 0 Å². The minimum absolute atomic E-state index is 0.161. The van der Waals surface area contributed by atoms with Crippen molar-refractivity contribution in [3.63, 3.8) is 0 Å². The zero-order valence-corrected chi connectivity index (χ0v) is 14.0. The number of benzene rings is 1. The summed E-state index contributed by atoms with van der Waals surface area (Å²) in [6, 6.07) is 6.93. The second-order valence-electron chi connectivity index (χ2n) is 7.62. The third-order valence-corrected chi connectivity index (χ3v) is 4.66. The number of hydrogen-bond donors (Lipinski definition) is 1. The zero-order chi connectivity index (χ0) is 15.4. The van der Waals surface area contributed by atoms with Gasteiger partial charge in [0.15, 0.2) is 0 Å². The maximum Gasteiger partial charge on any atom is 0.109 e. The molecule has 0 radical (unpaired) electrons. The van der Waals surface area contributed by atoms with Crippen LogP contribution in [0.15, 0.2) is 18.2 Å². The summed E-state index contributed by atoms with van der Waals surface area (Å²) in [5.74, 6) is 2.12. The van der Waals surface area contributed by atoms with Crippen LogP contribution in [0.4, 0.5) is 0 Å². The number of aromatic amines is 1. The highest BCUT2D eigenvalue weighted by molar-refractivity contribution is 5.71. The number of hydrogen-bond acceptors (Lipinski definition) is 1. The standard InChI is InChI=1S/C19H26N2/c1-11(2)13-7-8-14-15(9-13)19(5,6)10-16-17(14)21-18(20-16)12(3)4/h7-9,11-12H,10H2,1-6H3,(H,20,21). The first-order valence-corrected chi connectivity index (χ1v) is 8.03. The molecule has 0 amide bonds. The Morgan fingerprint density at radius 2 is 1.81 bits per heavy atom. The normalized spacial score (nSPS) is 16.2. The van der Waals surface area contributed by atoms with Crippen molar-refractivity contribution < 1.29 is 0 Å². The van der Waals surface area contributed by atoms with Crippen LogP contribution in [0.2, 0.25) is 0 Å². The Labute approximate surface area is 128 Å². The summed E-state index contributed by atoms with van der Waals surface area (Å²) < 4.78 is 0. The van der Waals surface area contributed by atoms with Crippen molar-refractivity contribution in [1.82, 2.24) is 9.97 Å². The van der Waals surface area contributed by atoms with Crippen LogP contribution in [-0.2, 0) is 11.8 Å². The molecule has 0 saturated heterocycles. The van der Waals surface area contributed by atoms with Gasteiger partial charge in [-0.05, 0) is 28.9 Å². The Bertz CT molecular complexity index is 675. The molecule has 0 fully saturated rings. The van der Waals surface area contributed by atoms with Crippen molar-refractivity contribution in [3.05, 3.63) is 40.8 Å². The van der Waals surface area contributed by atoms with Crippen LogP contribution in [-0.4, -0.2) is 9.97 Å². The molecule has 1 aromatic heterocycles. The van der Waals surface area contributed by atoms with Crippen LogP contribution in [0.5, 0.6) is 0 Å². The van der Waals surface area contributed by atoms with Crippen molar-refractivity contribution in [1.29, 1.82) is 0 Å². The molecule has 0 unspecified atom stereocenters. The topological polar surface area (TPSA) is 28.7 Å². The van der Waals surface area contributed by atoms with Gasteiger partial charge in [-0.2, -0.15) is 0 Å². The second kappa shape index (κ2) is 4.72. The van der Waals surface area contributed by atoms with Gasteiger partial charge in [0.2, 0.25) is 0 Å². The first kappa shape index (κ1) is 14.4. The van der Waals surface area contributed by atoms with E-state index in [4.69, 9.17) is 4.98 Å². The lowest BCUT2D eigenvalue weighted by Crippen LogP contribution is -2.26. The maximum absolute atomic E-state index is 4.88. The lowest BCUT2D eigenvalue weighted by molar-refractivity contribution is 0.509. The summed E-state index contributed by atoms with van der Waals surface area (Å²) in [5.41, 5.74) is 6.81. The average Bonchev–Trinajstić information content (AvgIpc) is 2.81. The molecule has 1 heterocycles. The van der Waals surface area contributed by atoms with Gasteiger partial charge in [0.05, 0.1) is 5.69 Å². The largest absolute Gasteiger partial charge is 0.345 e. The van der Waals surface area contributed by atoms with Crippen LogP contribution < -0.4 is 0 Å². The number of fused-ring (bicyclic) bond motifs is 3. The van der Waals surface area contributed by atoms with Gasteiger partial charge in [0.25, 0.3) is 0 Å². The monoisotopic (exact) mass is 282 g/mol. The van der Waals surface area contributed by atoms with Gasteiger partial charge in [0, 0.05) is 17.2 Å². The first-order valence-electron chi connectivity index (χ1n) is 8.03. The highest BCUT2D eigenvalue weighted by Gasteiger charge is 2.33. The minimum atomic E-state index is 0.161. The highest BCUT2D eigenvalue weighted by atomic mass is 14.9. The molecule has 2 nitrogen and oxygen atoms in total. The number of nitrogens with one attached hydrogen (secondary N) is 1. The van der Waals surface area contributed by atoms with E-state index in [9.17, 15) is 0 Å². The molecule has 1 aliphatic rings. The molecule has 1 aliphatic carbocycles. The Morgan fingerprint density at radius 1 is 1.10 bits per heavy atom. The first-order chi connectivity index (χ1) is 9.79.